The lowest BCUT2D eigenvalue weighted by atomic mass is 10.1. The van der Waals surface area contributed by atoms with Crippen molar-refractivity contribution >= 4 is 0 Å². The number of hydrogen-bond acceptors (Lipinski definition) is 7. The summed E-state index contributed by atoms with van der Waals surface area (Å²) in [6.45, 7) is 0. The van der Waals surface area contributed by atoms with Gasteiger partial charge in [-0.25, -0.2) is 9.67 Å². The highest BCUT2D eigenvalue weighted by Gasteiger charge is 2.17. The third kappa shape index (κ3) is 3.02. The van der Waals surface area contributed by atoms with Crippen molar-refractivity contribution in [2.75, 3.05) is 21.3 Å². The maximum atomic E-state index is 5.46. The lowest BCUT2D eigenvalue weighted by molar-refractivity contribution is 0.324. The van der Waals surface area contributed by atoms with Crippen LogP contribution in [-0.4, -0.2) is 51.1 Å². The molecule has 0 amide bonds. The largest absolute Gasteiger partial charge is 0.493 e. The molecule has 4 rings (SSSR count). The van der Waals surface area contributed by atoms with Crippen LogP contribution in [0.2, 0.25) is 0 Å². The zero-order valence-electron chi connectivity index (χ0n) is 15.6. The molecule has 0 saturated carbocycles. The highest BCUT2D eigenvalue weighted by molar-refractivity contribution is 5.68. The van der Waals surface area contributed by atoms with Crippen LogP contribution in [0.1, 0.15) is 0 Å². The Labute approximate surface area is 161 Å². The highest BCUT2D eigenvalue weighted by atomic mass is 16.5. The van der Waals surface area contributed by atoms with Crippen molar-refractivity contribution in [3.05, 3.63) is 55.1 Å². The van der Waals surface area contributed by atoms with Gasteiger partial charge in [-0.2, -0.15) is 0 Å². The Bertz CT molecular complexity index is 1070. The zero-order valence-corrected chi connectivity index (χ0v) is 15.6. The van der Waals surface area contributed by atoms with E-state index in [2.05, 4.69) is 20.5 Å². The number of benzene rings is 2. The molecule has 0 saturated heterocycles. The molecule has 0 unspecified atom stereocenters. The molecule has 9 nitrogen and oxygen atoms in total. The van der Waals surface area contributed by atoms with Crippen LogP contribution in [-0.2, 0) is 0 Å². The first-order chi connectivity index (χ1) is 13.7. The van der Waals surface area contributed by atoms with Gasteiger partial charge in [-0.3, -0.25) is 4.57 Å². The lowest BCUT2D eigenvalue weighted by Crippen LogP contribution is -2.01. The summed E-state index contributed by atoms with van der Waals surface area (Å²) >= 11 is 0. The fourth-order valence-electron chi connectivity index (χ4n) is 3.00. The Hall–Kier alpha value is -3.88. The molecule has 0 spiro atoms. The third-order valence-corrected chi connectivity index (χ3v) is 4.29. The second-order valence-corrected chi connectivity index (χ2v) is 5.81. The third-order valence-electron chi connectivity index (χ3n) is 4.29. The average molecular weight is 378 g/mol. The van der Waals surface area contributed by atoms with Gasteiger partial charge in [-0.1, -0.05) is 6.07 Å². The molecule has 0 radical (unpaired) electrons. The quantitative estimate of drug-likeness (QED) is 0.509. The molecular formula is C19H18N6O3. The normalized spacial score (nSPS) is 10.7. The van der Waals surface area contributed by atoms with Crippen molar-refractivity contribution in [3.8, 4) is 40.0 Å². The standard InChI is InChI=1S/C19H18N6O3/c1-26-16-9-13(10-17(27-2)18(16)28-3)19-20-7-8-24(19)14-5-4-6-15(11-14)25-12-21-22-23-25/h4-12H,1-3H3. The van der Waals surface area contributed by atoms with E-state index >= 15 is 0 Å². The number of methoxy groups -OCH3 is 3. The maximum Gasteiger partial charge on any atom is 0.203 e. The molecule has 0 aliphatic carbocycles. The minimum atomic E-state index is 0.535. The van der Waals surface area contributed by atoms with E-state index in [-0.39, 0.29) is 0 Å². The highest BCUT2D eigenvalue weighted by Crippen LogP contribution is 2.41. The van der Waals surface area contributed by atoms with Gasteiger partial charge in [0.05, 0.1) is 27.0 Å². The molecule has 4 aromatic rings. The van der Waals surface area contributed by atoms with E-state index < -0.39 is 0 Å². The van der Waals surface area contributed by atoms with Crippen LogP contribution in [0.3, 0.4) is 0 Å². The van der Waals surface area contributed by atoms with Gasteiger partial charge in [0.15, 0.2) is 11.5 Å². The Balaban J connectivity index is 1.82. The Kier molecular flexibility index (Phi) is 4.63. The summed E-state index contributed by atoms with van der Waals surface area (Å²) in [5.74, 6) is 2.39. The van der Waals surface area contributed by atoms with Crippen LogP contribution in [0.25, 0.3) is 22.8 Å². The first-order valence-electron chi connectivity index (χ1n) is 8.42. The van der Waals surface area contributed by atoms with Crippen LogP contribution in [0.4, 0.5) is 0 Å². The summed E-state index contributed by atoms with van der Waals surface area (Å²) < 4.78 is 19.9. The van der Waals surface area contributed by atoms with Crippen molar-refractivity contribution in [3.63, 3.8) is 0 Å². The molecule has 0 fully saturated rings. The maximum absolute atomic E-state index is 5.46. The van der Waals surface area contributed by atoms with E-state index in [1.165, 1.54) is 0 Å². The molecular weight excluding hydrogens is 360 g/mol. The predicted molar refractivity (Wildman–Crippen MR) is 101 cm³/mol. The number of tetrazole rings is 1. The van der Waals surface area contributed by atoms with Gasteiger partial charge in [0.2, 0.25) is 5.75 Å². The first-order valence-corrected chi connectivity index (χ1v) is 8.42. The summed E-state index contributed by atoms with van der Waals surface area (Å²) in [5.41, 5.74) is 2.58. The topological polar surface area (TPSA) is 89.1 Å². The number of ether oxygens (including phenoxy) is 3. The van der Waals surface area contributed by atoms with Crippen LogP contribution in [0.5, 0.6) is 17.2 Å². The SMILES string of the molecule is COc1cc(-c2nccn2-c2cccc(-n3cnnn3)c2)cc(OC)c1OC. The van der Waals surface area contributed by atoms with Crippen molar-refractivity contribution in [2.45, 2.75) is 0 Å². The zero-order chi connectivity index (χ0) is 19.5. The summed E-state index contributed by atoms with van der Waals surface area (Å²) in [7, 11) is 4.75. The fourth-order valence-corrected chi connectivity index (χ4v) is 3.00. The molecule has 2 aromatic heterocycles. The Morgan fingerprint density at radius 3 is 2.29 bits per heavy atom. The molecule has 28 heavy (non-hydrogen) atoms. The van der Waals surface area contributed by atoms with E-state index in [0.29, 0.717) is 17.2 Å². The second-order valence-electron chi connectivity index (χ2n) is 5.81. The number of imidazole rings is 1. The van der Waals surface area contributed by atoms with E-state index in [4.69, 9.17) is 14.2 Å². The number of hydrogen-bond donors (Lipinski definition) is 0. The van der Waals surface area contributed by atoms with Crippen molar-refractivity contribution < 1.29 is 14.2 Å². The Morgan fingerprint density at radius 1 is 0.893 bits per heavy atom. The summed E-state index contributed by atoms with van der Waals surface area (Å²) in [4.78, 5) is 4.53. The van der Waals surface area contributed by atoms with E-state index in [0.717, 1.165) is 22.8 Å². The van der Waals surface area contributed by atoms with Crippen LogP contribution in [0.15, 0.2) is 55.1 Å². The molecule has 0 aliphatic heterocycles. The lowest BCUT2D eigenvalue weighted by Gasteiger charge is -2.15. The number of aromatic nitrogens is 6. The predicted octanol–water partition coefficient (Wildman–Crippen LogP) is 2.54. The van der Waals surface area contributed by atoms with Gasteiger partial charge in [0.1, 0.15) is 12.2 Å². The van der Waals surface area contributed by atoms with Crippen molar-refractivity contribution in [1.82, 2.24) is 29.8 Å². The molecule has 2 aromatic carbocycles. The van der Waals surface area contributed by atoms with E-state index in [9.17, 15) is 0 Å². The Morgan fingerprint density at radius 2 is 1.64 bits per heavy atom. The average Bonchev–Trinajstić information content (AvgIpc) is 3.44. The minimum absolute atomic E-state index is 0.535. The van der Waals surface area contributed by atoms with Crippen molar-refractivity contribution in [2.24, 2.45) is 0 Å². The molecule has 0 atom stereocenters. The van der Waals surface area contributed by atoms with Crippen LogP contribution in [0, 0.1) is 0 Å². The molecule has 9 heteroatoms. The van der Waals surface area contributed by atoms with Gasteiger partial charge < -0.3 is 14.2 Å². The minimum Gasteiger partial charge on any atom is -0.493 e. The molecule has 0 N–H and O–H groups in total. The monoisotopic (exact) mass is 378 g/mol. The summed E-state index contributed by atoms with van der Waals surface area (Å²) in [6.07, 6.45) is 5.17. The number of nitrogens with zero attached hydrogens (tertiary/aromatic N) is 6. The van der Waals surface area contributed by atoms with Crippen LogP contribution < -0.4 is 14.2 Å². The van der Waals surface area contributed by atoms with Gasteiger partial charge in [-0.05, 0) is 40.8 Å². The number of rotatable bonds is 6. The molecule has 0 aliphatic rings. The van der Waals surface area contributed by atoms with Gasteiger partial charge >= 0.3 is 0 Å². The van der Waals surface area contributed by atoms with E-state index in [1.807, 2.05) is 47.2 Å². The van der Waals surface area contributed by atoms with Gasteiger partial charge in [0.25, 0.3) is 0 Å². The summed E-state index contributed by atoms with van der Waals surface area (Å²) in [5, 5.41) is 11.3. The second kappa shape index (κ2) is 7.39. The van der Waals surface area contributed by atoms with E-state index in [1.54, 1.807) is 38.5 Å². The van der Waals surface area contributed by atoms with Crippen LogP contribution >= 0.6 is 0 Å². The molecule has 142 valence electrons. The first kappa shape index (κ1) is 17.5. The fraction of sp³-hybridized carbons (Fsp3) is 0.158. The van der Waals surface area contributed by atoms with Gasteiger partial charge in [-0.15, -0.1) is 5.10 Å². The molecule has 0 bridgehead atoms. The molecule has 2 heterocycles. The van der Waals surface area contributed by atoms with Crippen molar-refractivity contribution in [1.29, 1.82) is 0 Å². The summed E-state index contributed by atoms with van der Waals surface area (Å²) in [6, 6.07) is 11.6. The van der Waals surface area contributed by atoms with Gasteiger partial charge in [0, 0.05) is 23.6 Å². The smallest absolute Gasteiger partial charge is 0.203 e.